The van der Waals surface area contributed by atoms with E-state index < -0.39 is 0 Å². The predicted octanol–water partition coefficient (Wildman–Crippen LogP) is 1.41. The molecular weight excluding hydrogens is 266 g/mol. The molecule has 1 saturated carbocycles. The number of amides is 1. The molecule has 0 radical (unpaired) electrons. The van der Waals surface area contributed by atoms with Gasteiger partial charge >= 0.3 is 0 Å². The highest BCUT2D eigenvalue weighted by Gasteiger charge is 2.31. The van der Waals surface area contributed by atoms with Gasteiger partial charge in [0.15, 0.2) is 0 Å². The number of hydrogen-bond acceptors (Lipinski definition) is 4. The molecule has 0 unspecified atom stereocenters. The van der Waals surface area contributed by atoms with Crippen molar-refractivity contribution >= 4 is 22.8 Å². The van der Waals surface area contributed by atoms with Crippen LogP contribution in [0, 0.1) is 5.92 Å². The predicted molar refractivity (Wildman–Crippen MR) is 80.0 cm³/mol. The van der Waals surface area contributed by atoms with Crippen molar-refractivity contribution in [2.75, 3.05) is 31.1 Å². The van der Waals surface area contributed by atoms with Crippen LogP contribution in [0.2, 0.25) is 0 Å². The highest BCUT2D eigenvalue weighted by Crippen LogP contribution is 2.29. The minimum atomic E-state index is 0.298. The molecule has 6 nitrogen and oxygen atoms in total. The quantitative estimate of drug-likeness (QED) is 0.906. The summed E-state index contributed by atoms with van der Waals surface area (Å²) in [5.41, 5.74) is 0.868. The van der Waals surface area contributed by atoms with Crippen molar-refractivity contribution in [1.29, 1.82) is 0 Å². The van der Waals surface area contributed by atoms with Crippen LogP contribution in [0.15, 0.2) is 18.6 Å². The summed E-state index contributed by atoms with van der Waals surface area (Å²) in [4.78, 5) is 28.3. The summed E-state index contributed by atoms with van der Waals surface area (Å²) in [7, 11) is 0. The molecule has 4 rings (SSSR count). The van der Waals surface area contributed by atoms with Crippen molar-refractivity contribution in [3.05, 3.63) is 18.6 Å². The molecule has 110 valence electrons. The SMILES string of the molecule is O=C(C1CCC1)N1CCN(c2ncnc3[nH]ccc23)CC1. The molecule has 1 amide bonds. The minimum absolute atomic E-state index is 0.298. The first-order valence-electron chi connectivity index (χ1n) is 7.65. The number of fused-ring (bicyclic) bond motifs is 1. The Morgan fingerprint density at radius 3 is 2.71 bits per heavy atom. The van der Waals surface area contributed by atoms with Gasteiger partial charge in [0.1, 0.15) is 17.8 Å². The zero-order chi connectivity index (χ0) is 14.2. The number of nitrogens with one attached hydrogen (secondary N) is 1. The van der Waals surface area contributed by atoms with Gasteiger partial charge in [0.2, 0.25) is 5.91 Å². The second kappa shape index (κ2) is 5.02. The standard InChI is InChI=1S/C15H19N5O/c21-15(11-2-1-3-11)20-8-6-19(7-9-20)14-12-4-5-16-13(12)17-10-18-14/h4-5,10-11H,1-3,6-9H2,(H,16,17,18). The minimum Gasteiger partial charge on any atom is -0.352 e. The van der Waals surface area contributed by atoms with Crippen LogP contribution in [0.4, 0.5) is 5.82 Å². The van der Waals surface area contributed by atoms with Crippen LogP contribution in [-0.4, -0.2) is 51.9 Å². The third-order valence-electron chi connectivity index (χ3n) is 4.68. The summed E-state index contributed by atoms with van der Waals surface area (Å²) in [6.07, 6.45) is 6.85. The van der Waals surface area contributed by atoms with E-state index >= 15 is 0 Å². The zero-order valence-electron chi connectivity index (χ0n) is 12.0. The van der Waals surface area contributed by atoms with Crippen molar-refractivity contribution < 1.29 is 4.79 Å². The van der Waals surface area contributed by atoms with Crippen LogP contribution < -0.4 is 4.90 Å². The number of anilines is 1. The first kappa shape index (κ1) is 12.6. The molecule has 2 aromatic rings. The molecule has 1 aliphatic heterocycles. The van der Waals surface area contributed by atoms with Gasteiger partial charge in [-0.2, -0.15) is 0 Å². The molecule has 1 N–H and O–H groups in total. The van der Waals surface area contributed by atoms with Crippen molar-refractivity contribution in [2.24, 2.45) is 5.92 Å². The Labute approximate surface area is 123 Å². The maximum atomic E-state index is 12.3. The molecule has 3 heterocycles. The van der Waals surface area contributed by atoms with E-state index in [2.05, 4.69) is 19.9 Å². The van der Waals surface area contributed by atoms with Gasteiger partial charge in [0, 0.05) is 38.3 Å². The number of piperazine rings is 1. The first-order chi connectivity index (χ1) is 10.3. The number of carbonyl (C=O) groups is 1. The van der Waals surface area contributed by atoms with Crippen molar-refractivity contribution in [3.63, 3.8) is 0 Å². The van der Waals surface area contributed by atoms with Gasteiger partial charge in [-0.1, -0.05) is 6.42 Å². The Morgan fingerprint density at radius 1 is 1.19 bits per heavy atom. The number of aromatic amines is 1. The maximum absolute atomic E-state index is 12.3. The Hall–Kier alpha value is -2.11. The van der Waals surface area contributed by atoms with Gasteiger partial charge in [0.25, 0.3) is 0 Å². The lowest BCUT2D eigenvalue weighted by molar-refractivity contribution is -0.138. The summed E-state index contributed by atoms with van der Waals surface area (Å²) in [6, 6.07) is 2.01. The fraction of sp³-hybridized carbons (Fsp3) is 0.533. The van der Waals surface area contributed by atoms with E-state index in [4.69, 9.17) is 0 Å². The molecule has 21 heavy (non-hydrogen) atoms. The second-order valence-corrected chi connectivity index (χ2v) is 5.88. The fourth-order valence-corrected chi connectivity index (χ4v) is 3.16. The Bertz CT molecular complexity index is 655. The average molecular weight is 285 g/mol. The maximum Gasteiger partial charge on any atom is 0.225 e. The summed E-state index contributed by atoms with van der Waals surface area (Å²) >= 11 is 0. The molecular formula is C15H19N5O. The van der Waals surface area contributed by atoms with Crippen molar-refractivity contribution in [3.8, 4) is 0 Å². The monoisotopic (exact) mass is 285 g/mol. The van der Waals surface area contributed by atoms with Gasteiger partial charge in [-0.15, -0.1) is 0 Å². The lowest BCUT2D eigenvalue weighted by Gasteiger charge is -2.38. The number of hydrogen-bond donors (Lipinski definition) is 1. The number of aromatic nitrogens is 3. The Balaban J connectivity index is 1.47. The highest BCUT2D eigenvalue weighted by atomic mass is 16.2. The number of nitrogens with zero attached hydrogens (tertiary/aromatic N) is 4. The van der Waals surface area contributed by atoms with Crippen LogP contribution in [0.3, 0.4) is 0 Å². The zero-order valence-corrected chi connectivity index (χ0v) is 12.0. The third-order valence-corrected chi connectivity index (χ3v) is 4.68. The molecule has 2 aromatic heterocycles. The lowest BCUT2D eigenvalue weighted by Crippen LogP contribution is -2.51. The highest BCUT2D eigenvalue weighted by molar-refractivity contribution is 5.87. The van der Waals surface area contributed by atoms with Gasteiger partial charge in [0.05, 0.1) is 5.39 Å². The molecule has 2 aliphatic rings. The van der Waals surface area contributed by atoms with Crippen molar-refractivity contribution in [1.82, 2.24) is 19.9 Å². The van der Waals surface area contributed by atoms with E-state index in [1.54, 1.807) is 6.33 Å². The van der Waals surface area contributed by atoms with E-state index in [9.17, 15) is 4.79 Å². The van der Waals surface area contributed by atoms with Crippen LogP contribution >= 0.6 is 0 Å². The molecule has 0 spiro atoms. The summed E-state index contributed by atoms with van der Waals surface area (Å²) in [5.74, 6) is 1.62. The van der Waals surface area contributed by atoms with Gasteiger partial charge in [-0.3, -0.25) is 4.79 Å². The Kier molecular flexibility index (Phi) is 3.02. The van der Waals surface area contributed by atoms with E-state index in [-0.39, 0.29) is 0 Å². The molecule has 0 atom stereocenters. The molecule has 1 saturated heterocycles. The lowest BCUT2D eigenvalue weighted by atomic mass is 9.84. The molecule has 1 aliphatic carbocycles. The fourth-order valence-electron chi connectivity index (χ4n) is 3.16. The van der Waals surface area contributed by atoms with Crippen LogP contribution in [0.5, 0.6) is 0 Å². The number of carbonyl (C=O) groups excluding carboxylic acids is 1. The van der Waals surface area contributed by atoms with E-state index in [0.717, 1.165) is 55.9 Å². The second-order valence-electron chi connectivity index (χ2n) is 5.88. The molecule has 2 fully saturated rings. The average Bonchev–Trinajstić information content (AvgIpc) is 2.94. The smallest absolute Gasteiger partial charge is 0.225 e. The third kappa shape index (κ3) is 2.14. The Morgan fingerprint density at radius 2 is 2.00 bits per heavy atom. The van der Waals surface area contributed by atoms with Crippen LogP contribution in [0.1, 0.15) is 19.3 Å². The van der Waals surface area contributed by atoms with E-state index in [1.807, 2.05) is 17.2 Å². The van der Waals surface area contributed by atoms with Gasteiger partial charge in [-0.25, -0.2) is 9.97 Å². The van der Waals surface area contributed by atoms with Crippen LogP contribution in [-0.2, 0) is 4.79 Å². The molecule has 0 bridgehead atoms. The molecule has 6 heteroatoms. The summed E-state index contributed by atoms with van der Waals surface area (Å²) < 4.78 is 0. The largest absolute Gasteiger partial charge is 0.352 e. The van der Waals surface area contributed by atoms with E-state index in [1.165, 1.54) is 6.42 Å². The molecule has 0 aromatic carbocycles. The first-order valence-corrected chi connectivity index (χ1v) is 7.65. The number of rotatable bonds is 2. The topological polar surface area (TPSA) is 65.1 Å². The van der Waals surface area contributed by atoms with E-state index in [0.29, 0.717) is 11.8 Å². The summed E-state index contributed by atoms with van der Waals surface area (Å²) in [5, 5.41) is 1.05. The van der Waals surface area contributed by atoms with Gasteiger partial charge in [-0.05, 0) is 18.9 Å². The number of H-pyrrole nitrogens is 1. The van der Waals surface area contributed by atoms with Crippen LogP contribution in [0.25, 0.3) is 11.0 Å². The van der Waals surface area contributed by atoms with Crippen molar-refractivity contribution in [2.45, 2.75) is 19.3 Å². The summed E-state index contributed by atoms with van der Waals surface area (Å²) in [6.45, 7) is 3.28. The van der Waals surface area contributed by atoms with Gasteiger partial charge < -0.3 is 14.8 Å². The normalized spacial score (nSPS) is 19.8.